The number of carbonyl (C=O) groups excluding carboxylic acids is 2. The van der Waals surface area contributed by atoms with Crippen LogP contribution in [-0.4, -0.2) is 17.8 Å². The highest BCUT2D eigenvalue weighted by atomic mass is 127. The molecule has 0 aromatic heterocycles. The molecular formula is C20H15BrINO4. The maximum absolute atomic E-state index is 12.1. The largest absolute Gasteiger partial charge is 0.427 e. The summed E-state index contributed by atoms with van der Waals surface area (Å²) in [5.41, 5.74) is 1.69. The summed E-state index contributed by atoms with van der Waals surface area (Å²) < 4.78 is 12.5. The maximum Gasteiger partial charge on any atom is 0.363 e. The highest BCUT2D eigenvalue weighted by Crippen LogP contribution is 2.24. The molecule has 7 heteroatoms. The zero-order valence-electron chi connectivity index (χ0n) is 14.4. The fourth-order valence-electron chi connectivity index (χ4n) is 2.34. The first-order valence-electron chi connectivity index (χ1n) is 8.25. The Morgan fingerprint density at radius 3 is 2.67 bits per heavy atom. The van der Waals surface area contributed by atoms with E-state index in [2.05, 4.69) is 43.5 Å². The van der Waals surface area contributed by atoms with Crippen molar-refractivity contribution in [2.24, 2.45) is 4.99 Å². The van der Waals surface area contributed by atoms with Crippen molar-refractivity contribution in [3.05, 3.63) is 67.3 Å². The van der Waals surface area contributed by atoms with E-state index >= 15 is 0 Å². The Morgan fingerprint density at radius 1 is 1.26 bits per heavy atom. The van der Waals surface area contributed by atoms with Crippen molar-refractivity contribution < 1.29 is 19.1 Å². The first kappa shape index (κ1) is 19.8. The van der Waals surface area contributed by atoms with E-state index in [1.807, 2.05) is 25.1 Å². The van der Waals surface area contributed by atoms with Crippen molar-refractivity contribution in [1.82, 2.24) is 0 Å². The third-order valence-corrected chi connectivity index (χ3v) is 5.99. The molecule has 1 aliphatic rings. The summed E-state index contributed by atoms with van der Waals surface area (Å²) in [6.45, 7) is 1.92. The molecule has 27 heavy (non-hydrogen) atoms. The summed E-state index contributed by atoms with van der Waals surface area (Å²) in [5.74, 6) is -0.0231. The van der Waals surface area contributed by atoms with Crippen LogP contribution < -0.4 is 4.74 Å². The average molecular weight is 540 g/mol. The number of hydrogen-bond acceptors (Lipinski definition) is 5. The first-order valence-corrected chi connectivity index (χ1v) is 10.1. The molecule has 0 saturated carbocycles. The molecule has 0 unspecified atom stereocenters. The second kappa shape index (κ2) is 8.79. The van der Waals surface area contributed by atoms with Crippen LogP contribution in [0.5, 0.6) is 5.75 Å². The number of ether oxygens (including phenoxy) is 2. The Hall–Kier alpha value is -2.00. The molecule has 2 aromatic rings. The van der Waals surface area contributed by atoms with Crippen LogP contribution in [0.15, 0.2) is 57.6 Å². The lowest BCUT2D eigenvalue weighted by atomic mass is 10.2. The van der Waals surface area contributed by atoms with E-state index in [0.29, 0.717) is 12.2 Å². The van der Waals surface area contributed by atoms with Gasteiger partial charge in [-0.15, -0.1) is 0 Å². The molecule has 138 valence electrons. The summed E-state index contributed by atoms with van der Waals surface area (Å²) in [4.78, 5) is 27.9. The molecule has 0 bridgehead atoms. The summed E-state index contributed by atoms with van der Waals surface area (Å²) >= 11 is 5.66. The zero-order chi connectivity index (χ0) is 19.4. The van der Waals surface area contributed by atoms with Crippen molar-refractivity contribution in [3.63, 3.8) is 0 Å². The monoisotopic (exact) mass is 539 g/mol. The Kier molecular flexibility index (Phi) is 6.43. The Labute approximate surface area is 178 Å². The van der Waals surface area contributed by atoms with Gasteiger partial charge in [-0.2, -0.15) is 0 Å². The maximum atomic E-state index is 12.1. The predicted molar refractivity (Wildman–Crippen MR) is 114 cm³/mol. The molecule has 5 nitrogen and oxygen atoms in total. The van der Waals surface area contributed by atoms with Crippen LogP contribution in [0.2, 0.25) is 0 Å². The fraction of sp³-hybridized carbons (Fsp3) is 0.150. The van der Waals surface area contributed by atoms with Crippen LogP contribution in [0.4, 0.5) is 0 Å². The van der Waals surface area contributed by atoms with Gasteiger partial charge in [0.25, 0.3) is 0 Å². The van der Waals surface area contributed by atoms with Gasteiger partial charge in [0.2, 0.25) is 5.90 Å². The highest BCUT2D eigenvalue weighted by molar-refractivity contribution is 14.1. The third-order valence-electron chi connectivity index (χ3n) is 3.66. The van der Waals surface area contributed by atoms with Gasteiger partial charge in [-0.3, -0.25) is 4.79 Å². The second-order valence-electron chi connectivity index (χ2n) is 5.76. The molecule has 0 saturated heterocycles. The van der Waals surface area contributed by atoms with Crippen LogP contribution in [0.1, 0.15) is 30.9 Å². The number of nitrogens with zero attached hydrogens (tertiary/aromatic N) is 1. The molecule has 0 atom stereocenters. The van der Waals surface area contributed by atoms with E-state index in [1.54, 1.807) is 30.3 Å². The predicted octanol–water partition coefficient (Wildman–Crippen LogP) is 5.10. The summed E-state index contributed by atoms with van der Waals surface area (Å²) in [6.07, 6.45) is 2.75. The van der Waals surface area contributed by atoms with Gasteiger partial charge < -0.3 is 9.47 Å². The van der Waals surface area contributed by atoms with E-state index in [0.717, 1.165) is 25.6 Å². The van der Waals surface area contributed by atoms with Crippen LogP contribution in [0, 0.1) is 3.57 Å². The first-order chi connectivity index (χ1) is 13.0. The second-order valence-corrected chi connectivity index (χ2v) is 7.77. The molecule has 0 aliphatic carbocycles. The highest BCUT2D eigenvalue weighted by Gasteiger charge is 2.24. The molecule has 2 aromatic carbocycles. The topological polar surface area (TPSA) is 65.0 Å². The minimum atomic E-state index is -0.502. The van der Waals surface area contributed by atoms with Crippen molar-refractivity contribution in [2.45, 2.75) is 19.8 Å². The smallest absolute Gasteiger partial charge is 0.363 e. The van der Waals surface area contributed by atoms with E-state index in [4.69, 9.17) is 9.47 Å². The number of aliphatic imine (C=N–C) groups is 1. The molecule has 1 aliphatic heterocycles. The molecular weight excluding hydrogens is 525 g/mol. The number of halogens is 2. The lowest BCUT2D eigenvalue weighted by molar-refractivity contribution is -0.134. The average Bonchev–Trinajstić information content (AvgIpc) is 3.00. The van der Waals surface area contributed by atoms with Crippen molar-refractivity contribution in [3.8, 4) is 5.75 Å². The van der Waals surface area contributed by atoms with Gasteiger partial charge >= 0.3 is 11.9 Å². The van der Waals surface area contributed by atoms with Crippen LogP contribution >= 0.6 is 38.5 Å². The fourth-order valence-corrected chi connectivity index (χ4v) is 3.05. The van der Waals surface area contributed by atoms with E-state index < -0.39 is 5.97 Å². The van der Waals surface area contributed by atoms with Gasteiger partial charge in [-0.25, -0.2) is 9.79 Å². The standard InChI is InChI=1S/C20H15BrINO4/c1-2-3-18(24)26-14-7-4-12(5-8-14)10-17-20(25)27-19(23-17)13-6-9-16(22)15(21)11-13/h4-11H,2-3H2,1H3/b17-10-. The molecule has 0 amide bonds. The van der Waals surface area contributed by atoms with Crippen molar-refractivity contribution in [1.29, 1.82) is 0 Å². The summed E-state index contributed by atoms with van der Waals surface area (Å²) in [7, 11) is 0. The van der Waals surface area contributed by atoms with Gasteiger partial charge in [0.15, 0.2) is 5.70 Å². The van der Waals surface area contributed by atoms with Gasteiger partial charge in [-0.1, -0.05) is 19.1 Å². The summed E-state index contributed by atoms with van der Waals surface area (Å²) in [6, 6.07) is 12.5. The van der Waals surface area contributed by atoms with Crippen LogP contribution in [0.25, 0.3) is 6.08 Å². The quantitative estimate of drug-likeness (QED) is 0.229. The number of cyclic esters (lactones) is 1. The molecule has 0 N–H and O–H groups in total. The Bertz CT molecular complexity index is 951. The van der Waals surface area contributed by atoms with Crippen LogP contribution in [0.3, 0.4) is 0 Å². The summed E-state index contributed by atoms with van der Waals surface area (Å²) in [5, 5.41) is 0. The molecule has 0 fully saturated rings. The van der Waals surface area contributed by atoms with Gasteiger partial charge in [0.1, 0.15) is 5.75 Å². The molecule has 0 radical (unpaired) electrons. The molecule has 0 spiro atoms. The van der Waals surface area contributed by atoms with Crippen LogP contribution in [-0.2, 0) is 14.3 Å². The van der Waals surface area contributed by atoms with E-state index in [9.17, 15) is 9.59 Å². The lowest BCUT2D eigenvalue weighted by Gasteiger charge is -2.03. The normalized spacial score (nSPS) is 14.9. The SMILES string of the molecule is CCCC(=O)Oc1ccc(/C=C2\N=C(c3ccc(I)c(Br)c3)OC2=O)cc1. The molecule has 1 heterocycles. The number of hydrogen-bond donors (Lipinski definition) is 0. The lowest BCUT2D eigenvalue weighted by Crippen LogP contribution is -2.06. The van der Waals surface area contributed by atoms with Gasteiger partial charge in [0.05, 0.1) is 0 Å². The van der Waals surface area contributed by atoms with E-state index in [-0.39, 0.29) is 17.6 Å². The van der Waals surface area contributed by atoms with Gasteiger partial charge in [-0.05, 0) is 86.9 Å². The minimum absolute atomic E-state index is 0.218. The minimum Gasteiger partial charge on any atom is -0.427 e. The number of benzene rings is 2. The Balaban J connectivity index is 1.78. The zero-order valence-corrected chi connectivity index (χ0v) is 18.1. The third kappa shape index (κ3) is 5.04. The Morgan fingerprint density at radius 2 is 2.00 bits per heavy atom. The number of esters is 2. The number of rotatable bonds is 5. The van der Waals surface area contributed by atoms with Gasteiger partial charge in [0, 0.05) is 20.0 Å². The van der Waals surface area contributed by atoms with E-state index in [1.165, 1.54) is 0 Å². The van der Waals surface area contributed by atoms with Crippen molar-refractivity contribution in [2.75, 3.05) is 0 Å². The number of carbonyl (C=O) groups is 2. The van der Waals surface area contributed by atoms with Crippen molar-refractivity contribution >= 4 is 62.4 Å². The molecule has 3 rings (SSSR count).